The van der Waals surface area contributed by atoms with E-state index in [2.05, 4.69) is 0 Å². The average Bonchev–Trinajstić information content (AvgIpc) is 2.52. The fourth-order valence-corrected chi connectivity index (χ4v) is 2.08. The van der Waals surface area contributed by atoms with E-state index in [4.69, 9.17) is 15.0 Å². The summed E-state index contributed by atoms with van der Waals surface area (Å²) in [6.07, 6.45) is -0.355. The van der Waals surface area contributed by atoms with E-state index in [9.17, 15) is 13.6 Å². The summed E-state index contributed by atoms with van der Waals surface area (Å²) >= 11 is 0. The first-order valence-corrected chi connectivity index (χ1v) is 6.65. The first-order chi connectivity index (χ1) is 9.53. The molecule has 1 aliphatic rings. The summed E-state index contributed by atoms with van der Waals surface area (Å²) < 4.78 is 39.5. The van der Waals surface area contributed by atoms with E-state index in [0.29, 0.717) is 0 Å². The van der Waals surface area contributed by atoms with Crippen molar-refractivity contribution in [1.82, 2.24) is 0 Å². The highest BCUT2D eigenvalue weighted by atomic mass is 19.1. The van der Waals surface area contributed by atoms with Gasteiger partial charge in [-0.25, -0.2) is 8.78 Å². The molecule has 21 heavy (non-hydrogen) atoms. The van der Waals surface area contributed by atoms with E-state index >= 15 is 0 Å². The molecule has 2 N–H and O–H groups in total. The molecule has 2 rings (SSSR count). The Labute approximate surface area is 122 Å². The van der Waals surface area contributed by atoms with Crippen molar-refractivity contribution in [3.8, 4) is 0 Å². The second kappa shape index (κ2) is 5.07. The number of hydrogen-bond donors (Lipinski definition) is 1. The van der Waals surface area contributed by atoms with Crippen LogP contribution in [0.15, 0.2) is 12.1 Å². The lowest BCUT2D eigenvalue weighted by atomic mass is 9.78. The maximum absolute atomic E-state index is 14.2. The lowest BCUT2D eigenvalue weighted by molar-refractivity contribution is -0.117. The van der Waals surface area contributed by atoms with E-state index < -0.39 is 35.9 Å². The molecule has 0 saturated carbocycles. The number of hydrogen-bond acceptors (Lipinski definition) is 3. The molecule has 0 radical (unpaired) electrons. The Bertz CT molecular complexity index is 574. The van der Waals surface area contributed by atoms with Gasteiger partial charge in [0.25, 0.3) is 0 Å². The third-order valence-corrected chi connectivity index (χ3v) is 4.04. The van der Waals surface area contributed by atoms with Crippen LogP contribution in [0.3, 0.4) is 0 Å². The normalized spacial score (nSPS) is 19.8. The van der Waals surface area contributed by atoms with Crippen LogP contribution in [0.1, 0.15) is 33.3 Å². The van der Waals surface area contributed by atoms with Crippen molar-refractivity contribution in [2.45, 2.75) is 45.3 Å². The number of carbonyl (C=O) groups is 1. The molecule has 1 saturated heterocycles. The second-order valence-electron chi connectivity index (χ2n) is 6.20. The van der Waals surface area contributed by atoms with E-state index in [1.54, 1.807) is 0 Å². The molecule has 1 amide bonds. The minimum absolute atomic E-state index is 0.0284. The van der Waals surface area contributed by atoms with Crippen molar-refractivity contribution in [3.05, 3.63) is 29.3 Å². The Morgan fingerprint density at radius 2 is 1.67 bits per heavy atom. The summed E-state index contributed by atoms with van der Waals surface area (Å²) in [5.41, 5.74) is 3.59. The van der Waals surface area contributed by atoms with Crippen LogP contribution < -0.4 is 11.2 Å². The Morgan fingerprint density at radius 1 is 1.14 bits per heavy atom. The van der Waals surface area contributed by atoms with Gasteiger partial charge in [0.15, 0.2) is 0 Å². The zero-order valence-corrected chi connectivity index (χ0v) is 12.5. The molecule has 0 atom stereocenters. The summed E-state index contributed by atoms with van der Waals surface area (Å²) in [6.45, 7) is 7.29. The van der Waals surface area contributed by atoms with Gasteiger partial charge in [0.1, 0.15) is 11.6 Å². The van der Waals surface area contributed by atoms with Gasteiger partial charge >= 0.3 is 7.12 Å². The fourth-order valence-electron chi connectivity index (χ4n) is 2.08. The quantitative estimate of drug-likeness (QED) is 0.855. The highest BCUT2D eigenvalue weighted by Gasteiger charge is 2.52. The second-order valence-corrected chi connectivity index (χ2v) is 6.20. The third kappa shape index (κ3) is 2.94. The van der Waals surface area contributed by atoms with Gasteiger partial charge < -0.3 is 15.0 Å². The number of halogens is 2. The Balaban J connectivity index is 2.35. The maximum atomic E-state index is 14.2. The molecule has 114 valence electrons. The molecule has 1 fully saturated rings. The van der Waals surface area contributed by atoms with Crippen molar-refractivity contribution >= 4 is 18.5 Å². The van der Waals surface area contributed by atoms with Crippen molar-refractivity contribution in [1.29, 1.82) is 0 Å². The zero-order chi connectivity index (χ0) is 16.0. The molecule has 1 aliphatic heterocycles. The number of rotatable bonds is 3. The molecule has 0 spiro atoms. The van der Waals surface area contributed by atoms with Gasteiger partial charge in [0.05, 0.1) is 17.6 Å². The van der Waals surface area contributed by atoms with Gasteiger partial charge in [-0.2, -0.15) is 0 Å². The van der Waals surface area contributed by atoms with Crippen molar-refractivity contribution < 1.29 is 22.9 Å². The molecule has 4 nitrogen and oxygen atoms in total. The van der Waals surface area contributed by atoms with Gasteiger partial charge in [-0.15, -0.1) is 0 Å². The van der Waals surface area contributed by atoms with Gasteiger partial charge in [0.2, 0.25) is 5.91 Å². The third-order valence-electron chi connectivity index (χ3n) is 4.04. The standard InChI is InChI=1S/C14H18BF2NO3/c1-13(2)14(3,4)21-15(20-13)9-7-10(16)8(5-11(9)17)6-12(18)19/h5,7H,6H2,1-4H3,(H2,18,19). The summed E-state index contributed by atoms with van der Waals surface area (Å²) in [5, 5.41) is 0. The van der Waals surface area contributed by atoms with Crippen LogP contribution in [0.25, 0.3) is 0 Å². The first-order valence-electron chi connectivity index (χ1n) is 6.65. The molecule has 0 unspecified atom stereocenters. The summed E-state index contributed by atoms with van der Waals surface area (Å²) in [6, 6.07) is 1.95. The topological polar surface area (TPSA) is 61.5 Å². The van der Waals surface area contributed by atoms with Crippen molar-refractivity contribution in [2.24, 2.45) is 5.73 Å². The molecule has 0 aromatic heterocycles. The first kappa shape index (κ1) is 15.9. The number of primary amides is 1. The Kier molecular flexibility index (Phi) is 3.84. The molecule has 1 heterocycles. The average molecular weight is 297 g/mol. The SMILES string of the molecule is CC1(C)OB(c2cc(F)c(CC(N)=O)cc2F)OC1(C)C. The fraction of sp³-hybridized carbons (Fsp3) is 0.500. The van der Waals surface area contributed by atoms with E-state index in [-0.39, 0.29) is 17.4 Å². The van der Waals surface area contributed by atoms with Crippen LogP contribution in [-0.4, -0.2) is 24.2 Å². The minimum atomic E-state index is -0.993. The van der Waals surface area contributed by atoms with Crippen LogP contribution in [0.5, 0.6) is 0 Å². The van der Waals surface area contributed by atoms with Crippen molar-refractivity contribution in [2.75, 3.05) is 0 Å². The Morgan fingerprint density at radius 3 is 2.14 bits per heavy atom. The molecule has 0 bridgehead atoms. The molecule has 1 aromatic rings. The van der Waals surface area contributed by atoms with E-state index in [1.165, 1.54) is 0 Å². The summed E-state index contributed by atoms with van der Waals surface area (Å²) in [5.74, 6) is -2.12. The maximum Gasteiger partial charge on any atom is 0.497 e. The van der Waals surface area contributed by atoms with Crippen LogP contribution in [0, 0.1) is 11.6 Å². The molecule has 0 aliphatic carbocycles. The monoisotopic (exact) mass is 297 g/mol. The van der Waals surface area contributed by atoms with Crippen molar-refractivity contribution in [3.63, 3.8) is 0 Å². The number of amides is 1. The highest BCUT2D eigenvalue weighted by molar-refractivity contribution is 6.62. The van der Waals surface area contributed by atoms with Crippen LogP contribution in [0.2, 0.25) is 0 Å². The van der Waals surface area contributed by atoms with Crippen LogP contribution >= 0.6 is 0 Å². The largest absolute Gasteiger partial charge is 0.497 e. The number of benzene rings is 1. The highest BCUT2D eigenvalue weighted by Crippen LogP contribution is 2.36. The summed E-state index contributed by atoms with van der Waals surface area (Å²) in [4.78, 5) is 10.8. The van der Waals surface area contributed by atoms with Gasteiger partial charge in [0, 0.05) is 5.46 Å². The minimum Gasteiger partial charge on any atom is -0.399 e. The van der Waals surface area contributed by atoms with Crippen LogP contribution in [-0.2, 0) is 20.5 Å². The van der Waals surface area contributed by atoms with Gasteiger partial charge in [-0.1, -0.05) is 0 Å². The van der Waals surface area contributed by atoms with Gasteiger partial charge in [-0.05, 0) is 45.4 Å². The molecule has 1 aromatic carbocycles. The predicted octanol–water partition coefficient (Wildman–Crippen LogP) is 1.29. The summed E-state index contributed by atoms with van der Waals surface area (Å²) in [7, 11) is -0.993. The van der Waals surface area contributed by atoms with E-state index in [0.717, 1.165) is 12.1 Å². The lowest BCUT2D eigenvalue weighted by Gasteiger charge is -2.32. The number of nitrogens with two attached hydrogens (primary N) is 1. The number of carbonyl (C=O) groups excluding carboxylic acids is 1. The molecule has 7 heteroatoms. The van der Waals surface area contributed by atoms with E-state index in [1.807, 2.05) is 27.7 Å². The van der Waals surface area contributed by atoms with Crippen LogP contribution in [0.4, 0.5) is 8.78 Å². The molecular formula is C14H18BF2NO3. The lowest BCUT2D eigenvalue weighted by Crippen LogP contribution is -2.41. The Hall–Kier alpha value is -1.47. The zero-order valence-electron chi connectivity index (χ0n) is 12.5. The smallest absolute Gasteiger partial charge is 0.399 e. The predicted molar refractivity (Wildman–Crippen MR) is 75.0 cm³/mol. The molecular weight excluding hydrogens is 279 g/mol. The van der Waals surface area contributed by atoms with Gasteiger partial charge in [-0.3, -0.25) is 4.79 Å².